The van der Waals surface area contributed by atoms with Gasteiger partial charge in [0.15, 0.2) is 0 Å². The standard InChI is InChI=1S/C21H21N3O4/c25-19-14-18(20(26)24(19)17-8-6-15(7-9-17)21(27)28)23-12-10-22(11-13-23)16-4-2-1-3-5-16/h1-9,18H,10-14H2,(H,27,28)/t18-/m1/s1. The summed E-state index contributed by atoms with van der Waals surface area (Å²) in [7, 11) is 0. The molecule has 0 aromatic heterocycles. The van der Waals surface area contributed by atoms with Crippen molar-refractivity contribution in [3.05, 3.63) is 60.2 Å². The number of nitrogens with zero attached hydrogens (tertiary/aromatic N) is 3. The van der Waals surface area contributed by atoms with E-state index in [0.29, 0.717) is 18.8 Å². The highest BCUT2D eigenvalue weighted by Gasteiger charge is 2.43. The fourth-order valence-electron chi connectivity index (χ4n) is 3.86. The maximum Gasteiger partial charge on any atom is 0.335 e. The van der Waals surface area contributed by atoms with Crippen LogP contribution in [0.25, 0.3) is 0 Å². The molecule has 2 fully saturated rings. The molecule has 0 aliphatic carbocycles. The molecular formula is C21H21N3O4. The Kier molecular flexibility index (Phi) is 4.83. The average Bonchev–Trinajstić information content (AvgIpc) is 3.03. The van der Waals surface area contributed by atoms with Gasteiger partial charge in [0, 0.05) is 31.9 Å². The first-order valence-electron chi connectivity index (χ1n) is 9.29. The Morgan fingerprint density at radius 3 is 2.11 bits per heavy atom. The number of carboxylic acid groups (broad SMARTS) is 1. The van der Waals surface area contributed by atoms with E-state index in [2.05, 4.69) is 21.9 Å². The summed E-state index contributed by atoms with van der Waals surface area (Å²) < 4.78 is 0. The van der Waals surface area contributed by atoms with Crippen molar-refractivity contribution in [3.63, 3.8) is 0 Å². The van der Waals surface area contributed by atoms with Crippen LogP contribution in [0.2, 0.25) is 0 Å². The van der Waals surface area contributed by atoms with E-state index < -0.39 is 12.0 Å². The van der Waals surface area contributed by atoms with Crippen molar-refractivity contribution >= 4 is 29.2 Å². The molecule has 0 unspecified atom stereocenters. The monoisotopic (exact) mass is 379 g/mol. The number of anilines is 2. The third-order valence-electron chi connectivity index (χ3n) is 5.37. The predicted molar refractivity (Wildman–Crippen MR) is 105 cm³/mol. The van der Waals surface area contributed by atoms with Crippen LogP contribution in [0.1, 0.15) is 16.8 Å². The number of carbonyl (C=O) groups is 3. The zero-order valence-corrected chi connectivity index (χ0v) is 15.3. The first-order valence-corrected chi connectivity index (χ1v) is 9.29. The quantitative estimate of drug-likeness (QED) is 0.817. The SMILES string of the molecule is O=C(O)c1ccc(N2C(=O)C[C@@H](N3CCN(c4ccccc4)CC3)C2=O)cc1. The zero-order chi connectivity index (χ0) is 19.7. The van der Waals surface area contributed by atoms with Crippen LogP contribution in [0.4, 0.5) is 11.4 Å². The van der Waals surface area contributed by atoms with E-state index in [-0.39, 0.29) is 23.8 Å². The number of aromatic carboxylic acids is 1. The van der Waals surface area contributed by atoms with Crippen molar-refractivity contribution in [3.8, 4) is 0 Å². The second kappa shape index (κ2) is 7.44. The summed E-state index contributed by atoms with van der Waals surface area (Å²) in [6.45, 7) is 3.03. The smallest absolute Gasteiger partial charge is 0.335 e. The van der Waals surface area contributed by atoms with E-state index in [0.717, 1.165) is 18.8 Å². The number of amides is 2. The second-order valence-corrected chi connectivity index (χ2v) is 7.00. The van der Waals surface area contributed by atoms with Gasteiger partial charge in [-0.1, -0.05) is 18.2 Å². The van der Waals surface area contributed by atoms with Crippen LogP contribution in [0, 0.1) is 0 Å². The summed E-state index contributed by atoms with van der Waals surface area (Å²) in [5, 5.41) is 9.00. The van der Waals surface area contributed by atoms with Crippen LogP contribution < -0.4 is 9.80 Å². The molecule has 2 aliphatic heterocycles. The minimum absolute atomic E-state index is 0.122. The highest BCUT2D eigenvalue weighted by Crippen LogP contribution is 2.27. The Bertz CT molecular complexity index is 890. The van der Waals surface area contributed by atoms with Crippen LogP contribution >= 0.6 is 0 Å². The van der Waals surface area contributed by atoms with Crippen molar-refractivity contribution < 1.29 is 19.5 Å². The van der Waals surface area contributed by atoms with Gasteiger partial charge in [-0.3, -0.25) is 14.5 Å². The number of para-hydroxylation sites is 1. The molecule has 0 bridgehead atoms. The topological polar surface area (TPSA) is 81.2 Å². The number of carboxylic acids is 1. The summed E-state index contributed by atoms with van der Waals surface area (Å²) in [4.78, 5) is 41.9. The average molecular weight is 379 g/mol. The predicted octanol–water partition coefficient (Wildman–Crippen LogP) is 1.84. The Morgan fingerprint density at radius 2 is 1.50 bits per heavy atom. The lowest BCUT2D eigenvalue weighted by atomic mass is 10.1. The highest BCUT2D eigenvalue weighted by atomic mass is 16.4. The van der Waals surface area contributed by atoms with E-state index >= 15 is 0 Å². The third-order valence-corrected chi connectivity index (χ3v) is 5.37. The van der Waals surface area contributed by atoms with Crippen molar-refractivity contribution in [1.82, 2.24) is 4.90 Å². The molecule has 2 aromatic carbocycles. The van der Waals surface area contributed by atoms with Gasteiger partial charge in [-0.05, 0) is 36.4 Å². The van der Waals surface area contributed by atoms with Crippen LogP contribution in [-0.4, -0.2) is 60.0 Å². The van der Waals surface area contributed by atoms with Crippen LogP contribution in [0.5, 0.6) is 0 Å². The highest BCUT2D eigenvalue weighted by molar-refractivity contribution is 6.22. The largest absolute Gasteiger partial charge is 0.478 e. The van der Waals surface area contributed by atoms with Crippen LogP contribution in [0.3, 0.4) is 0 Å². The van der Waals surface area contributed by atoms with Crippen LogP contribution in [0.15, 0.2) is 54.6 Å². The Hall–Kier alpha value is -3.19. The molecule has 0 saturated carbocycles. The Balaban J connectivity index is 1.44. The molecule has 7 heteroatoms. The van der Waals surface area contributed by atoms with Gasteiger partial charge in [-0.15, -0.1) is 0 Å². The Morgan fingerprint density at radius 1 is 0.857 bits per heavy atom. The summed E-state index contributed by atoms with van der Waals surface area (Å²) >= 11 is 0. The van der Waals surface area contributed by atoms with Gasteiger partial charge >= 0.3 is 5.97 Å². The summed E-state index contributed by atoms with van der Waals surface area (Å²) in [5.41, 5.74) is 1.71. The summed E-state index contributed by atoms with van der Waals surface area (Å²) in [5.74, 6) is -1.52. The van der Waals surface area contributed by atoms with E-state index in [9.17, 15) is 14.4 Å². The summed E-state index contributed by atoms with van der Waals surface area (Å²) in [6, 6.07) is 15.5. The molecule has 2 heterocycles. The number of imide groups is 1. The van der Waals surface area contributed by atoms with Crippen molar-refractivity contribution in [1.29, 1.82) is 0 Å². The lowest BCUT2D eigenvalue weighted by Crippen LogP contribution is -2.52. The van der Waals surface area contributed by atoms with Gasteiger partial charge in [0.2, 0.25) is 5.91 Å². The first-order chi connectivity index (χ1) is 13.5. The fraction of sp³-hybridized carbons (Fsp3) is 0.286. The summed E-state index contributed by atoms with van der Waals surface area (Å²) in [6.07, 6.45) is 0.158. The third kappa shape index (κ3) is 3.36. The number of hydrogen-bond donors (Lipinski definition) is 1. The molecule has 1 N–H and O–H groups in total. The van der Waals surface area contributed by atoms with Gasteiger partial charge in [0.05, 0.1) is 23.7 Å². The van der Waals surface area contributed by atoms with E-state index in [1.165, 1.54) is 29.2 Å². The molecule has 0 radical (unpaired) electrons. The number of hydrogen-bond acceptors (Lipinski definition) is 5. The van der Waals surface area contributed by atoms with E-state index in [1.54, 1.807) is 0 Å². The minimum Gasteiger partial charge on any atom is -0.478 e. The lowest BCUT2D eigenvalue weighted by molar-refractivity contribution is -0.123. The molecule has 7 nitrogen and oxygen atoms in total. The number of carbonyl (C=O) groups excluding carboxylic acids is 2. The molecule has 144 valence electrons. The molecule has 2 aromatic rings. The first kappa shape index (κ1) is 18.2. The molecule has 2 aliphatic rings. The number of piperazine rings is 1. The zero-order valence-electron chi connectivity index (χ0n) is 15.3. The van der Waals surface area contributed by atoms with Gasteiger partial charge in [-0.25, -0.2) is 9.69 Å². The lowest BCUT2D eigenvalue weighted by Gasteiger charge is -2.38. The second-order valence-electron chi connectivity index (χ2n) is 7.00. The van der Waals surface area contributed by atoms with Gasteiger partial charge in [-0.2, -0.15) is 0 Å². The van der Waals surface area contributed by atoms with Gasteiger partial charge in [0.1, 0.15) is 0 Å². The molecule has 0 spiro atoms. The molecule has 1 atom stereocenters. The normalized spacial score (nSPS) is 20.6. The number of rotatable bonds is 4. The minimum atomic E-state index is -1.04. The molecule has 4 rings (SSSR count). The van der Waals surface area contributed by atoms with Crippen molar-refractivity contribution in [2.24, 2.45) is 0 Å². The maximum atomic E-state index is 12.9. The molecule has 28 heavy (non-hydrogen) atoms. The molecular weight excluding hydrogens is 358 g/mol. The van der Waals surface area contributed by atoms with E-state index in [1.807, 2.05) is 18.2 Å². The van der Waals surface area contributed by atoms with Gasteiger partial charge < -0.3 is 10.0 Å². The Labute approximate surface area is 162 Å². The van der Waals surface area contributed by atoms with Crippen LogP contribution in [-0.2, 0) is 9.59 Å². The fourth-order valence-corrected chi connectivity index (χ4v) is 3.86. The maximum absolute atomic E-state index is 12.9. The van der Waals surface area contributed by atoms with Gasteiger partial charge in [0.25, 0.3) is 5.91 Å². The van der Waals surface area contributed by atoms with Crippen molar-refractivity contribution in [2.75, 3.05) is 36.0 Å². The number of benzene rings is 2. The van der Waals surface area contributed by atoms with E-state index in [4.69, 9.17) is 5.11 Å². The molecule has 2 saturated heterocycles. The van der Waals surface area contributed by atoms with Crippen molar-refractivity contribution in [2.45, 2.75) is 12.5 Å². The molecule has 2 amide bonds.